The number of imidazole rings is 1. The Morgan fingerprint density at radius 3 is 2.59 bits per heavy atom. The number of hydrogen-bond donors (Lipinski definition) is 2. The molecular formula is C23H28ClN5O3. The van der Waals surface area contributed by atoms with E-state index in [0.29, 0.717) is 47.2 Å². The number of aliphatic hydroxyl groups excluding tert-OH is 1. The Kier molecular flexibility index (Phi) is 5.92. The van der Waals surface area contributed by atoms with Crippen LogP contribution in [-0.4, -0.2) is 74.5 Å². The van der Waals surface area contributed by atoms with E-state index in [9.17, 15) is 9.59 Å². The van der Waals surface area contributed by atoms with Crippen molar-refractivity contribution in [2.24, 2.45) is 0 Å². The van der Waals surface area contributed by atoms with Gasteiger partial charge in [-0.05, 0) is 25.0 Å². The lowest BCUT2D eigenvalue weighted by atomic mass is 9.89. The number of aromatic nitrogens is 3. The van der Waals surface area contributed by atoms with Gasteiger partial charge in [0, 0.05) is 38.6 Å². The lowest BCUT2D eigenvalue weighted by molar-refractivity contribution is 0.0615. The molecule has 1 aliphatic heterocycles. The summed E-state index contributed by atoms with van der Waals surface area (Å²) in [5, 5.41) is 9.49. The molecule has 0 radical (unpaired) electrons. The molecule has 2 fully saturated rings. The number of benzene rings is 1. The molecule has 2 aliphatic rings. The molecule has 0 spiro atoms. The number of rotatable bonds is 4. The molecule has 0 atom stereocenters. The molecule has 2 N–H and O–H groups in total. The van der Waals surface area contributed by atoms with E-state index in [-0.39, 0.29) is 18.1 Å². The smallest absolute Gasteiger partial charge is 0.274 e. The first-order chi connectivity index (χ1) is 15.6. The fourth-order valence-electron chi connectivity index (χ4n) is 5.11. The maximum atomic E-state index is 13.2. The molecule has 1 amide bonds. The summed E-state index contributed by atoms with van der Waals surface area (Å²) in [5.74, 6) is 1.09. The van der Waals surface area contributed by atoms with Gasteiger partial charge in [0.25, 0.3) is 11.5 Å². The number of halogens is 1. The Morgan fingerprint density at radius 1 is 1.12 bits per heavy atom. The Labute approximate surface area is 190 Å². The highest BCUT2D eigenvalue weighted by atomic mass is 35.5. The summed E-state index contributed by atoms with van der Waals surface area (Å²) in [7, 11) is 0. The number of aliphatic hydroxyl groups is 1. The fourth-order valence-corrected chi connectivity index (χ4v) is 5.35. The van der Waals surface area contributed by atoms with Crippen LogP contribution >= 0.6 is 11.6 Å². The van der Waals surface area contributed by atoms with Gasteiger partial charge in [0.2, 0.25) is 0 Å². The zero-order chi connectivity index (χ0) is 22.2. The summed E-state index contributed by atoms with van der Waals surface area (Å²) < 4.78 is 1.93. The van der Waals surface area contributed by atoms with Crippen LogP contribution in [0.4, 0.5) is 0 Å². The number of aromatic amines is 1. The minimum Gasteiger partial charge on any atom is -0.395 e. The Bertz CT molecular complexity index is 1210. The van der Waals surface area contributed by atoms with E-state index in [1.165, 1.54) is 19.3 Å². The SMILES string of the molecule is O=C(c1cc2[nH]c(=O)c3cnc(C4CCCCC4)n3c2cc1Cl)N1CCN(CCO)CC1. The average molecular weight is 458 g/mol. The molecule has 170 valence electrons. The van der Waals surface area contributed by atoms with E-state index in [0.717, 1.165) is 37.3 Å². The van der Waals surface area contributed by atoms with Crippen LogP contribution in [0.5, 0.6) is 0 Å². The minimum atomic E-state index is -0.217. The normalized spacial score (nSPS) is 18.6. The third-order valence-electron chi connectivity index (χ3n) is 6.87. The highest BCUT2D eigenvalue weighted by Crippen LogP contribution is 2.33. The van der Waals surface area contributed by atoms with Crippen LogP contribution < -0.4 is 5.56 Å². The number of nitrogens with zero attached hydrogens (tertiary/aromatic N) is 4. The predicted octanol–water partition coefficient (Wildman–Crippen LogP) is 2.63. The number of nitrogens with one attached hydrogen (secondary N) is 1. The molecule has 1 aromatic carbocycles. The third kappa shape index (κ3) is 3.80. The van der Waals surface area contributed by atoms with Crippen molar-refractivity contribution in [3.05, 3.63) is 45.1 Å². The lowest BCUT2D eigenvalue weighted by Gasteiger charge is -2.34. The van der Waals surface area contributed by atoms with Crippen molar-refractivity contribution in [3.63, 3.8) is 0 Å². The molecule has 3 heterocycles. The highest BCUT2D eigenvalue weighted by Gasteiger charge is 2.26. The third-order valence-corrected chi connectivity index (χ3v) is 7.19. The summed E-state index contributed by atoms with van der Waals surface area (Å²) >= 11 is 6.62. The van der Waals surface area contributed by atoms with Gasteiger partial charge in [0.1, 0.15) is 11.3 Å². The minimum absolute atomic E-state index is 0.114. The molecular weight excluding hydrogens is 430 g/mol. The Morgan fingerprint density at radius 2 is 1.88 bits per heavy atom. The van der Waals surface area contributed by atoms with E-state index in [2.05, 4.69) is 14.9 Å². The van der Waals surface area contributed by atoms with Gasteiger partial charge in [-0.3, -0.25) is 18.9 Å². The van der Waals surface area contributed by atoms with Crippen LogP contribution in [-0.2, 0) is 0 Å². The van der Waals surface area contributed by atoms with E-state index >= 15 is 0 Å². The van der Waals surface area contributed by atoms with Crippen LogP contribution in [0.15, 0.2) is 23.1 Å². The first-order valence-corrected chi connectivity index (χ1v) is 11.8. The van der Waals surface area contributed by atoms with Gasteiger partial charge >= 0.3 is 0 Å². The van der Waals surface area contributed by atoms with E-state index < -0.39 is 0 Å². The van der Waals surface area contributed by atoms with Crippen molar-refractivity contribution in [2.75, 3.05) is 39.3 Å². The molecule has 2 aromatic heterocycles. The van der Waals surface area contributed by atoms with Crippen LogP contribution in [0.2, 0.25) is 5.02 Å². The molecule has 8 nitrogen and oxygen atoms in total. The van der Waals surface area contributed by atoms with E-state index in [4.69, 9.17) is 16.7 Å². The number of H-pyrrole nitrogens is 1. The molecule has 5 rings (SSSR count). The van der Waals surface area contributed by atoms with Gasteiger partial charge in [0.15, 0.2) is 0 Å². The number of hydrogen-bond acceptors (Lipinski definition) is 5. The second-order valence-corrected chi connectivity index (χ2v) is 9.24. The zero-order valence-corrected chi connectivity index (χ0v) is 18.8. The zero-order valence-electron chi connectivity index (χ0n) is 18.0. The topological polar surface area (TPSA) is 93.9 Å². The monoisotopic (exact) mass is 457 g/mol. The molecule has 0 unspecified atom stereocenters. The second-order valence-electron chi connectivity index (χ2n) is 8.83. The van der Waals surface area contributed by atoms with Crippen LogP contribution in [0.25, 0.3) is 16.6 Å². The molecule has 3 aromatic rings. The maximum absolute atomic E-state index is 13.2. The summed E-state index contributed by atoms with van der Waals surface area (Å²) in [4.78, 5) is 37.4. The predicted molar refractivity (Wildman–Crippen MR) is 124 cm³/mol. The molecule has 1 saturated carbocycles. The van der Waals surface area contributed by atoms with Crippen LogP contribution in [0.3, 0.4) is 0 Å². The quantitative estimate of drug-likeness (QED) is 0.628. The molecule has 32 heavy (non-hydrogen) atoms. The van der Waals surface area contributed by atoms with Gasteiger partial charge in [-0.2, -0.15) is 0 Å². The van der Waals surface area contributed by atoms with E-state index in [1.54, 1.807) is 23.2 Å². The average Bonchev–Trinajstić information content (AvgIpc) is 3.26. The van der Waals surface area contributed by atoms with Crippen molar-refractivity contribution in [1.82, 2.24) is 24.2 Å². The van der Waals surface area contributed by atoms with Crippen LogP contribution in [0, 0.1) is 0 Å². The molecule has 9 heteroatoms. The van der Waals surface area contributed by atoms with Gasteiger partial charge in [-0.25, -0.2) is 4.98 Å². The van der Waals surface area contributed by atoms with Gasteiger partial charge in [0.05, 0.1) is 34.4 Å². The fraction of sp³-hybridized carbons (Fsp3) is 0.522. The van der Waals surface area contributed by atoms with Gasteiger partial charge in [-0.1, -0.05) is 30.9 Å². The number of carbonyl (C=O) groups is 1. The number of carbonyl (C=O) groups excluding carboxylic acids is 1. The molecule has 0 bridgehead atoms. The van der Waals surface area contributed by atoms with Gasteiger partial charge < -0.3 is 15.0 Å². The standard InChI is InChI=1S/C23H28ClN5O3/c24-17-13-19-18(12-16(17)23(32)28-8-6-27(7-9-28)10-11-30)26-22(31)20-14-25-21(29(19)20)15-4-2-1-3-5-15/h12-15,30H,1-11H2,(H,26,31). The number of piperazine rings is 1. The summed E-state index contributed by atoms with van der Waals surface area (Å²) in [6, 6.07) is 3.48. The number of β-amino-alcohol motifs (C(OH)–C–C–N with tert-alkyl or cyclic N) is 1. The van der Waals surface area contributed by atoms with Crippen molar-refractivity contribution >= 4 is 34.1 Å². The first-order valence-electron chi connectivity index (χ1n) is 11.4. The van der Waals surface area contributed by atoms with E-state index in [1.807, 2.05) is 4.40 Å². The second kappa shape index (κ2) is 8.84. The number of fused-ring (bicyclic) bond motifs is 3. The van der Waals surface area contributed by atoms with Crippen molar-refractivity contribution in [1.29, 1.82) is 0 Å². The Hall–Kier alpha value is -2.42. The first kappa shape index (κ1) is 21.4. The lowest BCUT2D eigenvalue weighted by Crippen LogP contribution is -2.49. The summed E-state index contributed by atoms with van der Waals surface area (Å²) in [6.45, 7) is 3.32. The summed E-state index contributed by atoms with van der Waals surface area (Å²) in [6.07, 6.45) is 7.37. The van der Waals surface area contributed by atoms with Crippen molar-refractivity contribution < 1.29 is 9.90 Å². The molecule has 1 aliphatic carbocycles. The van der Waals surface area contributed by atoms with Crippen molar-refractivity contribution in [2.45, 2.75) is 38.0 Å². The molecule has 1 saturated heterocycles. The summed E-state index contributed by atoms with van der Waals surface area (Å²) in [5.41, 5.74) is 2.04. The van der Waals surface area contributed by atoms with Crippen molar-refractivity contribution in [3.8, 4) is 0 Å². The number of amides is 1. The van der Waals surface area contributed by atoms with Crippen LogP contribution in [0.1, 0.15) is 54.2 Å². The highest BCUT2D eigenvalue weighted by molar-refractivity contribution is 6.34. The maximum Gasteiger partial charge on any atom is 0.274 e. The Balaban J connectivity index is 1.53. The largest absolute Gasteiger partial charge is 0.395 e. The van der Waals surface area contributed by atoms with Gasteiger partial charge in [-0.15, -0.1) is 0 Å².